The number of nitrogens with one attached hydrogen (secondary N) is 3. The van der Waals surface area contributed by atoms with Crippen molar-refractivity contribution in [1.82, 2.24) is 15.2 Å². The minimum absolute atomic E-state index is 0.158. The molecule has 1 atom stereocenters. The summed E-state index contributed by atoms with van der Waals surface area (Å²) in [6, 6.07) is 5.24. The fourth-order valence-corrected chi connectivity index (χ4v) is 4.32. The van der Waals surface area contributed by atoms with Gasteiger partial charge in [0, 0.05) is 53.8 Å². The summed E-state index contributed by atoms with van der Waals surface area (Å²) in [5, 5.41) is 16.5. The summed E-state index contributed by atoms with van der Waals surface area (Å²) in [5.74, 6) is -0.479. The van der Waals surface area contributed by atoms with E-state index in [2.05, 4.69) is 20.5 Å². The van der Waals surface area contributed by atoms with Crippen LogP contribution in [0, 0.1) is 13.8 Å². The van der Waals surface area contributed by atoms with E-state index in [1.165, 1.54) is 0 Å². The van der Waals surface area contributed by atoms with E-state index >= 15 is 0 Å². The van der Waals surface area contributed by atoms with Crippen LogP contribution in [0.4, 0.5) is 5.69 Å². The number of nitrogens with zero attached hydrogens (tertiary/aromatic N) is 1. The van der Waals surface area contributed by atoms with Gasteiger partial charge in [0.15, 0.2) is 0 Å². The van der Waals surface area contributed by atoms with Crippen LogP contribution in [0.15, 0.2) is 18.2 Å². The molecule has 1 aromatic carbocycles. The number of benzene rings is 1. The van der Waals surface area contributed by atoms with Crippen molar-refractivity contribution in [2.75, 3.05) is 44.7 Å². The molecule has 32 heavy (non-hydrogen) atoms. The summed E-state index contributed by atoms with van der Waals surface area (Å²) >= 11 is 6.11. The number of anilines is 1. The second kappa shape index (κ2) is 9.46. The summed E-state index contributed by atoms with van der Waals surface area (Å²) in [4.78, 5) is 30.6. The Bertz CT molecular complexity index is 1070. The lowest BCUT2D eigenvalue weighted by Crippen LogP contribution is -2.44. The molecular weight excluding hydrogens is 432 g/mol. The highest BCUT2D eigenvalue weighted by Crippen LogP contribution is 2.35. The van der Waals surface area contributed by atoms with Gasteiger partial charge in [-0.1, -0.05) is 11.6 Å². The van der Waals surface area contributed by atoms with E-state index in [9.17, 15) is 14.7 Å². The van der Waals surface area contributed by atoms with Gasteiger partial charge in [0.05, 0.1) is 30.5 Å². The summed E-state index contributed by atoms with van der Waals surface area (Å²) in [6.07, 6.45) is 1.07. The maximum Gasteiger partial charge on any atom is 0.256 e. The third-order valence-electron chi connectivity index (χ3n) is 5.83. The number of rotatable bonds is 6. The molecular formula is C23H27ClN4O4. The molecule has 0 radical (unpaired) electrons. The van der Waals surface area contributed by atoms with E-state index < -0.39 is 6.10 Å². The predicted molar refractivity (Wildman–Crippen MR) is 124 cm³/mol. The topological polar surface area (TPSA) is 107 Å². The van der Waals surface area contributed by atoms with Crippen molar-refractivity contribution in [2.45, 2.75) is 20.0 Å². The predicted octanol–water partition coefficient (Wildman–Crippen LogP) is 2.20. The lowest BCUT2D eigenvalue weighted by molar-refractivity contribution is -0.110. The van der Waals surface area contributed by atoms with E-state index in [4.69, 9.17) is 16.3 Å². The zero-order chi connectivity index (χ0) is 22.8. The second-order valence-electron chi connectivity index (χ2n) is 8.14. The number of carbonyl (C=O) groups excluding carboxylic acids is 2. The fourth-order valence-electron chi connectivity index (χ4n) is 4.15. The van der Waals surface area contributed by atoms with Crippen molar-refractivity contribution >= 4 is 40.8 Å². The third-order valence-corrected chi connectivity index (χ3v) is 6.06. The van der Waals surface area contributed by atoms with E-state index in [1.54, 1.807) is 24.3 Å². The highest BCUT2D eigenvalue weighted by atomic mass is 35.5. The van der Waals surface area contributed by atoms with Crippen LogP contribution in [0.1, 0.15) is 32.9 Å². The monoisotopic (exact) mass is 458 g/mol. The van der Waals surface area contributed by atoms with Gasteiger partial charge in [-0.3, -0.25) is 14.5 Å². The lowest BCUT2D eigenvalue weighted by atomic mass is 10.0. The molecule has 4 N–H and O–H groups in total. The first-order valence-electron chi connectivity index (χ1n) is 10.6. The number of hydrogen-bond donors (Lipinski definition) is 4. The van der Waals surface area contributed by atoms with Crippen LogP contribution in [0.3, 0.4) is 0 Å². The molecule has 8 nitrogen and oxygen atoms in total. The average Bonchev–Trinajstić information content (AvgIpc) is 3.22. The molecule has 1 aromatic heterocycles. The van der Waals surface area contributed by atoms with Crippen LogP contribution in [-0.2, 0) is 9.53 Å². The van der Waals surface area contributed by atoms with Gasteiger partial charge in [0.25, 0.3) is 11.8 Å². The zero-order valence-electron chi connectivity index (χ0n) is 18.1. The first-order valence-corrected chi connectivity index (χ1v) is 11.0. The minimum atomic E-state index is -0.665. The Hall–Kier alpha value is -2.65. The Balaban J connectivity index is 1.47. The molecule has 9 heteroatoms. The molecule has 3 heterocycles. The number of β-amino-alcohol motifs (C(OH)–C–C–N with tert-alkyl or cyclic N) is 1. The van der Waals surface area contributed by atoms with Gasteiger partial charge < -0.3 is 25.5 Å². The number of fused-ring (bicyclic) bond motifs is 1. The van der Waals surface area contributed by atoms with Gasteiger partial charge in [-0.05, 0) is 43.7 Å². The number of carbonyl (C=O) groups is 2. The number of ether oxygens (including phenoxy) is 1. The molecule has 2 aliphatic heterocycles. The average molecular weight is 459 g/mol. The van der Waals surface area contributed by atoms with E-state index in [0.717, 1.165) is 24.2 Å². The Morgan fingerprint density at radius 3 is 2.84 bits per heavy atom. The van der Waals surface area contributed by atoms with Crippen LogP contribution in [-0.4, -0.2) is 72.3 Å². The van der Waals surface area contributed by atoms with Crippen LogP contribution < -0.4 is 10.6 Å². The Labute approximate surface area is 191 Å². The second-order valence-corrected chi connectivity index (χ2v) is 8.58. The normalized spacial score (nSPS) is 18.5. The summed E-state index contributed by atoms with van der Waals surface area (Å²) < 4.78 is 5.31. The summed E-state index contributed by atoms with van der Waals surface area (Å²) in [6.45, 7) is 7.17. The van der Waals surface area contributed by atoms with E-state index in [-0.39, 0.29) is 18.4 Å². The molecule has 170 valence electrons. The molecule has 0 spiro atoms. The number of hydrogen-bond acceptors (Lipinski definition) is 5. The lowest BCUT2D eigenvalue weighted by Gasteiger charge is -2.28. The molecule has 0 bridgehead atoms. The molecule has 0 aliphatic carbocycles. The molecule has 1 unspecified atom stereocenters. The molecule has 2 aromatic rings. The number of aromatic nitrogens is 1. The van der Waals surface area contributed by atoms with Crippen molar-refractivity contribution in [3.63, 3.8) is 0 Å². The Morgan fingerprint density at radius 1 is 1.34 bits per heavy atom. The van der Waals surface area contributed by atoms with Gasteiger partial charge in [-0.15, -0.1) is 0 Å². The smallest absolute Gasteiger partial charge is 0.256 e. The van der Waals surface area contributed by atoms with Crippen LogP contribution in [0.25, 0.3) is 11.6 Å². The Kier molecular flexibility index (Phi) is 6.66. The van der Waals surface area contributed by atoms with Crippen molar-refractivity contribution in [3.05, 3.63) is 51.3 Å². The number of morpholine rings is 1. The minimum Gasteiger partial charge on any atom is -0.390 e. The van der Waals surface area contributed by atoms with Crippen molar-refractivity contribution in [2.24, 2.45) is 0 Å². The molecule has 1 saturated heterocycles. The molecule has 2 amide bonds. The fraction of sp³-hybridized carbons (Fsp3) is 0.391. The highest BCUT2D eigenvalue weighted by molar-refractivity contribution is 6.36. The Morgan fingerprint density at radius 2 is 2.09 bits per heavy atom. The first-order chi connectivity index (χ1) is 15.3. The number of halogens is 1. The largest absolute Gasteiger partial charge is 0.390 e. The number of aliphatic hydroxyl groups excluding tert-OH is 1. The van der Waals surface area contributed by atoms with Crippen LogP contribution in [0.2, 0.25) is 5.02 Å². The zero-order valence-corrected chi connectivity index (χ0v) is 18.9. The maximum absolute atomic E-state index is 12.8. The van der Waals surface area contributed by atoms with Crippen LogP contribution in [0.5, 0.6) is 0 Å². The third kappa shape index (κ3) is 4.73. The van der Waals surface area contributed by atoms with Gasteiger partial charge in [-0.25, -0.2) is 0 Å². The summed E-state index contributed by atoms with van der Waals surface area (Å²) in [7, 11) is 0. The standard InChI is InChI=1S/C23H27ClN4O4/c1-13-20(10-18-17-9-15(24)3-4-19(17)27-22(18)30)26-14(2)21(13)23(31)25-11-16(29)12-28-5-7-32-8-6-28/h3-4,9-10,16,26,29H,5-8,11-12H2,1-2H3,(H,25,31)(H,27,30)/b18-10-. The van der Waals surface area contributed by atoms with Crippen LogP contribution >= 0.6 is 11.6 Å². The highest BCUT2D eigenvalue weighted by Gasteiger charge is 2.26. The molecule has 2 aliphatic rings. The van der Waals surface area contributed by atoms with Crippen molar-refractivity contribution in [3.8, 4) is 0 Å². The number of aliphatic hydroxyl groups is 1. The van der Waals surface area contributed by atoms with E-state index in [1.807, 2.05) is 13.8 Å². The number of aromatic amines is 1. The van der Waals surface area contributed by atoms with Gasteiger partial charge in [-0.2, -0.15) is 0 Å². The molecule has 1 fully saturated rings. The number of aryl methyl sites for hydroxylation is 1. The van der Waals surface area contributed by atoms with Crippen molar-refractivity contribution in [1.29, 1.82) is 0 Å². The first kappa shape index (κ1) is 22.5. The van der Waals surface area contributed by atoms with Gasteiger partial charge in [0.1, 0.15) is 0 Å². The number of H-pyrrole nitrogens is 1. The van der Waals surface area contributed by atoms with Gasteiger partial charge in [0.2, 0.25) is 0 Å². The van der Waals surface area contributed by atoms with Gasteiger partial charge >= 0.3 is 0 Å². The molecule has 4 rings (SSSR count). The SMILES string of the molecule is Cc1[nH]c(/C=C2\C(=O)Nc3ccc(Cl)cc32)c(C)c1C(=O)NCC(O)CN1CCOCC1. The summed E-state index contributed by atoms with van der Waals surface area (Å²) in [5.41, 5.74) is 4.54. The number of amides is 2. The molecule has 0 saturated carbocycles. The van der Waals surface area contributed by atoms with E-state index in [0.29, 0.717) is 53.0 Å². The maximum atomic E-state index is 12.8. The van der Waals surface area contributed by atoms with Crippen molar-refractivity contribution < 1.29 is 19.4 Å². The quantitative estimate of drug-likeness (QED) is 0.496.